The number of amides is 2. The molecule has 27 heavy (non-hydrogen) atoms. The third kappa shape index (κ3) is 3.14. The Bertz CT molecular complexity index is 998. The van der Waals surface area contributed by atoms with Crippen LogP contribution in [0, 0.1) is 0 Å². The number of furan rings is 1. The number of likely N-dealkylation sites (tertiary alicyclic amines) is 1. The van der Waals surface area contributed by atoms with Crippen LogP contribution < -0.4 is 10.5 Å². The number of benzene rings is 1. The lowest BCUT2D eigenvalue weighted by atomic mass is 9.93. The molecule has 0 unspecified atom stereocenters. The number of fused-ring (bicyclic) bond motifs is 1. The molecule has 8 nitrogen and oxygen atoms in total. The maximum absolute atomic E-state index is 12.8. The van der Waals surface area contributed by atoms with E-state index in [1.807, 2.05) is 12.1 Å². The van der Waals surface area contributed by atoms with Crippen LogP contribution in [0.25, 0.3) is 11.0 Å². The summed E-state index contributed by atoms with van der Waals surface area (Å²) < 4.78 is 11.0. The van der Waals surface area contributed by atoms with Gasteiger partial charge in [-0.25, -0.2) is 0 Å². The molecule has 1 saturated heterocycles. The number of para-hydroxylation sites is 1. The summed E-state index contributed by atoms with van der Waals surface area (Å²) >= 11 is 0. The van der Waals surface area contributed by atoms with Crippen molar-refractivity contribution in [3.63, 3.8) is 0 Å². The van der Waals surface area contributed by atoms with Gasteiger partial charge in [0.05, 0.1) is 7.11 Å². The molecule has 1 aliphatic rings. The van der Waals surface area contributed by atoms with Crippen LogP contribution in [-0.4, -0.2) is 47.1 Å². The highest BCUT2D eigenvalue weighted by atomic mass is 16.5. The fraction of sp³-hybridized carbons (Fsp3) is 0.316. The molecule has 2 amide bonds. The number of carbonyl (C=O) groups excluding carboxylic acids is 2. The van der Waals surface area contributed by atoms with Gasteiger partial charge in [0.1, 0.15) is 5.69 Å². The first-order valence-corrected chi connectivity index (χ1v) is 8.77. The number of methoxy groups -OCH3 is 1. The molecule has 0 spiro atoms. The molecule has 0 atom stereocenters. The largest absolute Gasteiger partial charge is 0.493 e. The molecule has 3 heterocycles. The number of nitrogens with one attached hydrogen (secondary N) is 1. The molecule has 0 bridgehead atoms. The first kappa shape index (κ1) is 17.1. The van der Waals surface area contributed by atoms with Crippen LogP contribution in [0.2, 0.25) is 0 Å². The smallest absolute Gasteiger partial charge is 0.289 e. The van der Waals surface area contributed by atoms with E-state index in [2.05, 4.69) is 10.2 Å². The first-order chi connectivity index (χ1) is 13.1. The van der Waals surface area contributed by atoms with E-state index >= 15 is 0 Å². The summed E-state index contributed by atoms with van der Waals surface area (Å²) in [5, 5.41) is 7.64. The lowest BCUT2D eigenvalue weighted by Gasteiger charge is -2.30. The van der Waals surface area contributed by atoms with Gasteiger partial charge < -0.3 is 19.8 Å². The van der Waals surface area contributed by atoms with E-state index in [1.165, 1.54) is 0 Å². The van der Waals surface area contributed by atoms with Crippen molar-refractivity contribution >= 4 is 22.8 Å². The molecule has 0 radical (unpaired) electrons. The minimum atomic E-state index is -0.551. The monoisotopic (exact) mass is 368 g/mol. The van der Waals surface area contributed by atoms with Gasteiger partial charge in [0.2, 0.25) is 0 Å². The summed E-state index contributed by atoms with van der Waals surface area (Å²) in [6.07, 6.45) is 1.55. The zero-order valence-corrected chi connectivity index (χ0v) is 14.9. The van der Waals surface area contributed by atoms with Crippen molar-refractivity contribution in [1.82, 2.24) is 15.1 Å². The molecule has 1 aliphatic heterocycles. The molecule has 1 aromatic carbocycles. The van der Waals surface area contributed by atoms with Crippen molar-refractivity contribution in [3.8, 4) is 5.75 Å². The number of hydrogen-bond donors (Lipinski definition) is 2. The van der Waals surface area contributed by atoms with Crippen LogP contribution in [-0.2, 0) is 0 Å². The van der Waals surface area contributed by atoms with E-state index in [0.717, 1.165) is 23.9 Å². The molecule has 0 saturated carbocycles. The van der Waals surface area contributed by atoms with Gasteiger partial charge in [-0.1, -0.05) is 12.1 Å². The van der Waals surface area contributed by atoms with Crippen molar-refractivity contribution in [2.45, 2.75) is 18.8 Å². The van der Waals surface area contributed by atoms with Crippen LogP contribution in [0.4, 0.5) is 0 Å². The third-order valence-corrected chi connectivity index (χ3v) is 5.01. The van der Waals surface area contributed by atoms with Crippen molar-refractivity contribution in [2.75, 3.05) is 20.2 Å². The standard InChI is InChI=1S/C19H20N4O4/c1-26-15-4-2-3-12-9-16(27-17(12)15)19(25)23-7-5-11(6-8-23)13-10-14(18(20)24)22-21-13/h2-4,9-11H,5-8H2,1H3,(H2,20,24)(H,21,22). The highest BCUT2D eigenvalue weighted by Crippen LogP contribution is 2.31. The molecule has 0 aliphatic carbocycles. The minimum absolute atomic E-state index is 0.130. The highest BCUT2D eigenvalue weighted by molar-refractivity contribution is 5.97. The predicted molar refractivity (Wildman–Crippen MR) is 97.8 cm³/mol. The molecular weight excluding hydrogens is 348 g/mol. The maximum Gasteiger partial charge on any atom is 0.289 e. The fourth-order valence-electron chi connectivity index (χ4n) is 3.52. The lowest BCUT2D eigenvalue weighted by molar-refractivity contribution is 0.0682. The van der Waals surface area contributed by atoms with Gasteiger partial charge in [0, 0.05) is 30.1 Å². The zero-order chi connectivity index (χ0) is 19.0. The molecule has 140 valence electrons. The van der Waals surface area contributed by atoms with E-state index < -0.39 is 5.91 Å². The number of ether oxygens (including phenoxy) is 1. The van der Waals surface area contributed by atoms with Gasteiger partial charge in [-0.3, -0.25) is 14.7 Å². The Morgan fingerprint density at radius 1 is 1.30 bits per heavy atom. The van der Waals surface area contributed by atoms with Crippen molar-refractivity contribution in [2.24, 2.45) is 5.73 Å². The van der Waals surface area contributed by atoms with Crippen molar-refractivity contribution in [3.05, 3.63) is 47.5 Å². The molecule has 2 aromatic heterocycles. The Balaban J connectivity index is 1.46. The number of H-pyrrole nitrogens is 1. The topological polar surface area (TPSA) is 114 Å². The van der Waals surface area contributed by atoms with Crippen LogP contribution in [0.3, 0.4) is 0 Å². The lowest BCUT2D eigenvalue weighted by Crippen LogP contribution is -2.37. The Morgan fingerprint density at radius 2 is 2.07 bits per heavy atom. The summed E-state index contributed by atoms with van der Waals surface area (Å²) in [5.74, 6) is 0.449. The second-order valence-electron chi connectivity index (χ2n) is 6.63. The molecular formula is C19H20N4O4. The average molecular weight is 368 g/mol. The molecule has 4 rings (SSSR count). The summed E-state index contributed by atoms with van der Waals surface area (Å²) in [6, 6.07) is 8.99. The first-order valence-electron chi connectivity index (χ1n) is 8.77. The Labute approximate surface area is 155 Å². The zero-order valence-electron chi connectivity index (χ0n) is 14.9. The molecule has 3 N–H and O–H groups in total. The van der Waals surface area contributed by atoms with E-state index in [0.29, 0.717) is 30.2 Å². The molecule has 1 fully saturated rings. The van der Waals surface area contributed by atoms with Crippen molar-refractivity contribution in [1.29, 1.82) is 0 Å². The van der Waals surface area contributed by atoms with Crippen LogP contribution in [0.5, 0.6) is 5.75 Å². The van der Waals surface area contributed by atoms with E-state index in [1.54, 1.807) is 30.2 Å². The molecule has 3 aromatic rings. The summed E-state index contributed by atoms with van der Waals surface area (Å²) in [4.78, 5) is 25.8. The van der Waals surface area contributed by atoms with Gasteiger partial charge in [-0.2, -0.15) is 5.10 Å². The Hall–Kier alpha value is -3.29. The van der Waals surface area contributed by atoms with Crippen LogP contribution >= 0.6 is 0 Å². The van der Waals surface area contributed by atoms with Crippen LogP contribution in [0.1, 0.15) is 45.5 Å². The number of carbonyl (C=O) groups is 2. The number of rotatable bonds is 4. The minimum Gasteiger partial charge on any atom is -0.493 e. The summed E-state index contributed by atoms with van der Waals surface area (Å²) in [7, 11) is 1.57. The third-order valence-electron chi connectivity index (χ3n) is 5.01. The number of hydrogen-bond acceptors (Lipinski definition) is 5. The number of nitrogens with zero attached hydrogens (tertiary/aromatic N) is 2. The summed E-state index contributed by atoms with van der Waals surface area (Å²) in [5.41, 5.74) is 6.94. The quantitative estimate of drug-likeness (QED) is 0.733. The number of nitrogens with two attached hydrogens (primary N) is 1. The van der Waals surface area contributed by atoms with Crippen molar-refractivity contribution < 1.29 is 18.7 Å². The normalized spacial score (nSPS) is 15.2. The second-order valence-corrected chi connectivity index (χ2v) is 6.63. The van der Waals surface area contributed by atoms with Gasteiger partial charge in [0.25, 0.3) is 11.8 Å². The average Bonchev–Trinajstić information content (AvgIpc) is 3.34. The van der Waals surface area contributed by atoms with Gasteiger partial charge in [-0.05, 0) is 31.0 Å². The molecule has 8 heteroatoms. The van der Waals surface area contributed by atoms with E-state index in [9.17, 15) is 9.59 Å². The van der Waals surface area contributed by atoms with Gasteiger partial charge in [-0.15, -0.1) is 0 Å². The Kier molecular flexibility index (Phi) is 4.31. The van der Waals surface area contributed by atoms with E-state index in [4.69, 9.17) is 14.9 Å². The predicted octanol–water partition coefficient (Wildman–Crippen LogP) is 2.28. The Morgan fingerprint density at radius 3 is 2.74 bits per heavy atom. The SMILES string of the molecule is COc1cccc2cc(C(=O)N3CCC(c4cc(C(N)=O)n[nH]4)CC3)oc12. The van der Waals surface area contributed by atoms with E-state index in [-0.39, 0.29) is 17.5 Å². The number of piperidine rings is 1. The maximum atomic E-state index is 12.8. The van der Waals surface area contributed by atoms with Gasteiger partial charge in [0.15, 0.2) is 17.1 Å². The number of aromatic amines is 1. The van der Waals surface area contributed by atoms with Gasteiger partial charge >= 0.3 is 0 Å². The number of primary amides is 1. The van der Waals surface area contributed by atoms with Crippen LogP contribution in [0.15, 0.2) is 34.7 Å². The summed E-state index contributed by atoms with van der Waals surface area (Å²) in [6.45, 7) is 1.20. The highest BCUT2D eigenvalue weighted by Gasteiger charge is 2.28. The fourth-order valence-corrected chi connectivity index (χ4v) is 3.52. The second kappa shape index (κ2) is 6.79. The number of aromatic nitrogens is 2.